The third-order valence-electron chi connectivity index (χ3n) is 11.5. The van der Waals surface area contributed by atoms with Crippen LogP contribution in [-0.2, 0) is 25.7 Å². The Morgan fingerprint density at radius 2 is 0.593 bits per heavy atom. The molecule has 2 aliphatic rings. The number of rotatable bonds is 8. The average Bonchev–Trinajstić information content (AvgIpc) is 3.25. The second kappa shape index (κ2) is 13.9. The van der Waals surface area contributed by atoms with Gasteiger partial charge < -0.3 is 9.80 Å². The summed E-state index contributed by atoms with van der Waals surface area (Å²) in [6.45, 7) is 0. The summed E-state index contributed by atoms with van der Waals surface area (Å²) in [7, 11) is 0. The largest absolute Gasteiger partial charge is 0.311 e. The lowest BCUT2D eigenvalue weighted by Crippen LogP contribution is -2.12. The van der Waals surface area contributed by atoms with Crippen molar-refractivity contribution in [3.05, 3.63) is 204 Å². The van der Waals surface area contributed by atoms with Gasteiger partial charge in [-0.25, -0.2) is 0 Å². The fraction of sp³-hybridized carbons (Fsp3) is 0.115. The normalized spacial score (nSPS) is 13.1. The first-order valence-corrected chi connectivity index (χ1v) is 19.4. The summed E-state index contributed by atoms with van der Waals surface area (Å²) in [5, 5.41) is 3.09. The van der Waals surface area contributed by atoms with Crippen LogP contribution < -0.4 is 9.80 Å². The summed E-state index contributed by atoms with van der Waals surface area (Å²) in [5.41, 5.74) is 18.6. The van der Waals surface area contributed by atoms with Gasteiger partial charge >= 0.3 is 0 Å². The summed E-state index contributed by atoms with van der Waals surface area (Å²) in [5.74, 6) is 0. The van der Waals surface area contributed by atoms with Gasteiger partial charge in [0.05, 0.1) is 0 Å². The Bertz CT molecular complexity index is 2300. The highest BCUT2D eigenvalue weighted by Gasteiger charge is 2.26. The van der Waals surface area contributed by atoms with Gasteiger partial charge in [0.1, 0.15) is 0 Å². The molecule has 0 unspecified atom stereocenters. The topological polar surface area (TPSA) is 6.48 Å². The molecule has 2 nitrogen and oxygen atoms in total. The predicted octanol–water partition coefficient (Wildman–Crippen LogP) is 14.1. The van der Waals surface area contributed by atoms with Crippen molar-refractivity contribution in [2.75, 3.05) is 9.80 Å². The Kier molecular flexibility index (Phi) is 8.30. The van der Waals surface area contributed by atoms with E-state index in [1.54, 1.807) is 10.8 Å². The molecule has 8 aromatic rings. The number of aryl methyl sites for hydroxylation is 4. The van der Waals surface area contributed by atoms with Crippen LogP contribution in [0.2, 0.25) is 0 Å². The van der Waals surface area contributed by atoms with Crippen LogP contribution in [-0.4, -0.2) is 0 Å². The monoisotopic (exact) mass is 694 g/mol. The fourth-order valence-electron chi connectivity index (χ4n) is 9.07. The number of hydrogen-bond acceptors (Lipinski definition) is 2. The van der Waals surface area contributed by atoms with Crippen molar-refractivity contribution in [3.63, 3.8) is 0 Å². The fourth-order valence-corrected chi connectivity index (χ4v) is 9.07. The first kappa shape index (κ1) is 32.3. The lowest BCUT2D eigenvalue weighted by atomic mass is 9.75. The van der Waals surface area contributed by atoms with Crippen molar-refractivity contribution < 1.29 is 0 Å². The molecule has 54 heavy (non-hydrogen) atoms. The van der Waals surface area contributed by atoms with Gasteiger partial charge in [-0.05, 0) is 167 Å². The number of hydrogen-bond donors (Lipinski definition) is 0. The van der Waals surface area contributed by atoms with Crippen molar-refractivity contribution in [2.24, 2.45) is 0 Å². The maximum atomic E-state index is 2.56. The standard InChI is InChI=1S/C52H42N2/c1-5-17-41(18-6-1)53(42-19-7-2-8-20-42)45-31-27-37(28-32-45)49-35-39-15-14-26-48-50(36-40-16-13-25-47(49)51(40)52(39)48)38-29-33-46(34-30-38)54(43-21-9-3-10-22-43)44-23-11-4-12-24-44/h1-12,17-24,27-36H,13-16,25-26H2. The minimum Gasteiger partial charge on any atom is -0.311 e. The molecule has 2 heteroatoms. The van der Waals surface area contributed by atoms with Crippen molar-refractivity contribution in [2.45, 2.75) is 38.5 Å². The smallest absolute Gasteiger partial charge is 0.0462 e. The van der Waals surface area contributed by atoms with E-state index in [-0.39, 0.29) is 0 Å². The van der Waals surface area contributed by atoms with Crippen molar-refractivity contribution in [1.29, 1.82) is 0 Å². The highest BCUT2D eigenvalue weighted by Crippen LogP contribution is 2.47. The predicted molar refractivity (Wildman–Crippen MR) is 228 cm³/mol. The molecule has 0 spiro atoms. The summed E-state index contributed by atoms with van der Waals surface area (Å²) in [6, 6.07) is 66.4. The number of para-hydroxylation sites is 4. The van der Waals surface area contributed by atoms with Crippen LogP contribution in [0, 0.1) is 0 Å². The summed E-state index contributed by atoms with van der Waals surface area (Å²) >= 11 is 0. The van der Waals surface area contributed by atoms with Gasteiger partial charge in [-0.3, -0.25) is 0 Å². The Hall–Kier alpha value is -6.38. The van der Waals surface area contributed by atoms with Crippen molar-refractivity contribution >= 4 is 44.9 Å². The second-order valence-electron chi connectivity index (χ2n) is 14.7. The van der Waals surface area contributed by atoms with E-state index in [1.807, 2.05) is 0 Å². The Labute approximate surface area is 318 Å². The van der Waals surface area contributed by atoms with E-state index in [0.29, 0.717) is 0 Å². The van der Waals surface area contributed by atoms with Crippen LogP contribution in [0.25, 0.3) is 33.0 Å². The minimum absolute atomic E-state index is 1.13. The van der Waals surface area contributed by atoms with E-state index < -0.39 is 0 Å². The molecule has 0 aliphatic heterocycles. The van der Waals surface area contributed by atoms with E-state index >= 15 is 0 Å². The molecule has 0 amide bonds. The van der Waals surface area contributed by atoms with Crippen LogP contribution in [0.1, 0.15) is 35.1 Å². The van der Waals surface area contributed by atoms with Crippen LogP contribution >= 0.6 is 0 Å². The zero-order valence-corrected chi connectivity index (χ0v) is 30.5. The van der Waals surface area contributed by atoms with Gasteiger partial charge in [0.2, 0.25) is 0 Å². The molecular formula is C52H42N2. The van der Waals surface area contributed by atoms with E-state index in [1.165, 1.54) is 68.7 Å². The van der Waals surface area contributed by atoms with Gasteiger partial charge in [-0.1, -0.05) is 109 Å². The molecule has 8 aromatic carbocycles. The number of anilines is 6. The lowest BCUT2D eigenvalue weighted by molar-refractivity contribution is 0.788. The molecule has 0 saturated heterocycles. The van der Waals surface area contributed by atoms with Crippen LogP contribution in [0.5, 0.6) is 0 Å². The summed E-state index contributed by atoms with van der Waals surface area (Å²) in [6.07, 6.45) is 6.89. The maximum absolute atomic E-state index is 2.56. The third kappa shape index (κ3) is 5.76. The highest BCUT2D eigenvalue weighted by atomic mass is 15.1. The Balaban J connectivity index is 1.04. The molecule has 0 heterocycles. The molecule has 0 bridgehead atoms. The zero-order chi connectivity index (χ0) is 35.8. The number of benzene rings is 8. The molecule has 0 fully saturated rings. The summed E-state index contributed by atoms with van der Waals surface area (Å²) in [4.78, 5) is 4.69. The van der Waals surface area contributed by atoms with E-state index in [2.05, 4.69) is 192 Å². The first-order valence-electron chi connectivity index (χ1n) is 19.4. The third-order valence-corrected chi connectivity index (χ3v) is 11.5. The molecule has 0 radical (unpaired) electrons. The lowest BCUT2D eigenvalue weighted by Gasteiger charge is -2.30. The van der Waals surface area contributed by atoms with Gasteiger partial charge in [-0.2, -0.15) is 0 Å². The van der Waals surface area contributed by atoms with Crippen molar-refractivity contribution in [3.8, 4) is 22.3 Å². The first-order chi connectivity index (χ1) is 26.8. The average molecular weight is 695 g/mol. The van der Waals surface area contributed by atoms with Crippen LogP contribution in [0.15, 0.2) is 182 Å². The van der Waals surface area contributed by atoms with E-state index in [4.69, 9.17) is 0 Å². The molecule has 0 N–H and O–H groups in total. The van der Waals surface area contributed by atoms with E-state index in [9.17, 15) is 0 Å². The molecule has 260 valence electrons. The Morgan fingerprint density at radius 1 is 0.296 bits per heavy atom. The van der Waals surface area contributed by atoms with Crippen molar-refractivity contribution in [1.82, 2.24) is 0 Å². The van der Waals surface area contributed by atoms with E-state index in [0.717, 1.165) is 48.4 Å². The maximum Gasteiger partial charge on any atom is 0.0462 e. The molecule has 0 atom stereocenters. The second-order valence-corrected chi connectivity index (χ2v) is 14.7. The zero-order valence-electron chi connectivity index (χ0n) is 30.5. The SMILES string of the molecule is c1ccc(N(c2ccccc2)c2ccc(-c3cc4c5c(c(-c6ccc(N(c7ccccc7)c7ccccc7)cc6)cc6c5c3CCC6)CCC4)cc2)cc1. The van der Waals surface area contributed by atoms with Crippen LogP contribution in [0.3, 0.4) is 0 Å². The Morgan fingerprint density at radius 3 is 0.907 bits per heavy atom. The van der Waals surface area contributed by atoms with Gasteiger partial charge in [0.15, 0.2) is 0 Å². The van der Waals surface area contributed by atoms with Gasteiger partial charge in [-0.15, -0.1) is 0 Å². The summed E-state index contributed by atoms with van der Waals surface area (Å²) < 4.78 is 0. The quantitative estimate of drug-likeness (QED) is 0.156. The van der Waals surface area contributed by atoms with Gasteiger partial charge in [0, 0.05) is 34.1 Å². The van der Waals surface area contributed by atoms with Crippen LogP contribution in [0.4, 0.5) is 34.1 Å². The highest BCUT2D eigenvalue weighted by molar-refractivity contribution is 6.03. The minimum atomic E-state index is 1.13. The molecule has 2 aliphatic carbocycles. The molecule has 10 rings (SSSR count). The molecule has 0 saturated carbocycles. The molecular weight excluding hydrogens is 653 g/mol. The number of nitrogens with zero attached hydrogens (tertiary/aromatic N) is 2. The van der Waals surface area contributed by atoms with Gasteiger partial charge in [0.25, 0.3) is 0 Å². The molecule has 0 aromatic heterocycles.